The number of halogens is 1. The maximum Gasteiger partial charge on any atom is 0.255 e. The molecule has 0 unspecified atom stereocenters. The van der Waals surface area contributed by atoms with Crippen LogP contribution in [0.5, 0.6) is 5.75 Å². The molecule has 1 saturated heterocycles. The number of rotatable bonds is 7. The van der Waals surface area contributed by atoms with Crippen molar-refractivity contribution in [1.29, 1.82) is 0 Å². The highest BCUT2D eigenvalue weighted by atomic mass is 35.5. The molecule has 1 aromatic heterocycles. The van der Waals surface area contributed by atoms with Crippen molar-refractivity contribution in [1.82, 2.24) is 20.4 Å². The Balaban J connectivity index is 0.00000208. The Bertz CT molecular complexity index is 700. The number of hydrogen-bond donors (Lipinski definition) is 2. The Morgan fingerprint density at radius 3 is 2.83 bits per heavy atom. The lowest BCUT2D eigenvalue weighted by atomic mass is 10.0. The van der Waals surface area contributed by atoms with E-state index in [9.17, 15) is 4.79 Å². The van der Waals surface area contributed by atoms with Crippen LogP contribution in [0.4, 0.5) is 0 Å². The fourth-order valence-electron chi connectivity index (χ4n) is 2.71. The van der Waals surface area contributed by atoms with Gasteiger partial charge in [0.05, 0.1) is 30.2 Å². The van der Waals surface area contributed by atoms with Gasteiger partial charge < -0.3 is 20.1 Å². The van der Waals surface area contributed by atoms with E-state index in [0.717, 1.165) is 30.5 Å². The molecule has 7 nitrogen and oxygen atoms in total. The molecule has 132 valence electrons. The first-order valence-corrected chi connectivity index (χ1v) is 7.75. The highest BCUT2D eigenvalue weighted by molar-refractivity contribution is 6.03. The third-order valence-corrected chi connectivity index (χ3v) is 4.04. The summed E-state index contributed by atoms with van der Waals surface area (Å²) in [6.07, 6.45) is 1.96. The topological polar surface area (TPSA) is 77.4 Å². The molecule has 1 amide bonds. The summed E-state index contributed by atoms with van der Waals surface area (Å²) < 4.78 is 12.4. The number of hydrogen-bond acceptors (Lipinski definition) is 5. The Morgan fingerprint density at radius 2 is 2.21 bits per heavy atom. The van der Waals surface area contributed by atoms with E-state index in [4.69, 9.17) is 9.47 Å². The van der Waals surface area contributed by atoms with Gasteiger partial charge in [0.2, 0.25) is 0 Å². The Labute approximate surface area is 147 Å². The van der Waals surface area contributed by atoms with Gasteiger partial charge in [-0.15, -0.1) is 12.4 Å². The van der Waals surface area contributed by atoms with Crippen molar-refractivity contribution >= 4 is 29.2 Å². The quantitative estimate of drug-likeness (QED) is 0.727. The fraction of sp³-hybridized carbons (Fsp3) is 0.500. The summed E-state index contributed by atoms with van der Waals surface area (Å²) in [4.78, 5) is 12.3. The second kappa shape index (κ2) is 8.32. The number of ether oxygens (including phenoxy) is 2. The zero-order valence-corrected chi connectivity index (χ0v) is 14.7. The van der Waals surface area contributed by atoms with Crippen LogP contribution in [0.3, 0.4) is 0 Å². The molecular formula is C16H23ClN4O3. The lowest BCUT2D eigenvalue weighted by Gasteiger charge is -2.26. The second-order valence-corrected chi connectivity index (χ2v) is 5.70. The van der Waals surface area contributed by atoms with Gasteiger partial charge in [-0.25, -0.2) is 0 Å². The van der Waals surface area contributed by atoms with Crippen LogP contribution < -0.4 is 15.4 Å². The van der Waals surface area contributed by atoms with Gasteiger partial charge in [-0.3, -0.25) is 9.48 Å². The van der Waals surface area contributed by atoms with Gasteiger partial charge in [0.15, 0.2) is 0 Å². The van der Waals surface area contributed by atoms with Gasteiger partial charge in [0.25, 0.3) is 5.91 Å². The Hall–Kier alpha value is -1.83. The largest absolute Gasteiger partial charge is 0.495 e. The second-order valence-electron chi connectivity index (χ2n) is 5.70. The molecule has 8 heteroatoms. The first kappa shape index (κ1) is 18.5. The van der Waals surface area contributed by atoms with E-state index >= 15 is 0 Å². The van der Waals surface area contributed by atoms with Crippen molar-refractivity contribution in [3.8, 4) is 5.75 Å². The molecule has 0 radical (unpaired) electrons. The summed E-state index contributed by atoms with van der Waals surface area (Å²) in [5.41, 5.74) is 1.35. The number of amides is 1. The lowest BCUT2D eigenvalue weighted by Crippen LogP contribution is -2.44. The van der Waals surface area contributed by atoms with E-state index in [2.05, 4.69) is 15.7 Å². The van der Waals surface area contributed by atoms with Crippen LogP contribution in [0.2, 0.25) is 0 Å². The van der Waals surface area contributed by atoms with E-state index in [1.165, 1.54) is 0 Å². The number of carbonyl (C=O) groups is 1. The highest BCUT2D eigenvalue weighted by Crippen LogP contribution is 2.29. The first-order chi connectivity index (χ1) is 11.2. The molecule has 0 atom stereocenters. The van der Waals surface area contributed by atoms with Crippen molar-refractivity contribution in [2.75, 3.05) is 40.5 Å². The third-order valence-electron chi connectivity index (χ3n) is 4.04. The molecule has 0 bridgehead atoms. The van der Waals surface area contributed by atoms with Crippen molar-refractivity contribution < 1.29 is 14.3 Å². The predicted molar refractivity (Wildman–Crippen MR) is 94.1 cm³/mol. The van der Waals surface area contributed by atoms with E-state index in [1.54, 1.807) is 20.3 Å². The van der Waals surface area contributed by atoms with Crippen LogP contribution in [0.25, 0.3) is 10.9 Å². The minimum absolute atomic E-state index is 0. The zero-order valence-electron chi connectivity index (χ0n) is 13.9. The number of benzene rings is 1. The molecular weight excluding hydrogens is 332 g/mol. The van der Waals surface area contributed by atoms with Gasteiger partial charge in [-0.2, -0.15) is 5.10 Å². The van der Waals surface area contributed by atoms with E-state index in [-0.39, 0.29) is 18.3 Å². The summed E-state index contributed by atoms with van der Waals surface area (Å²) in [6, 6.07) is 3.62. The summed E-state index contributed by atoms with van der Waals surface area (Å²) in [5.74, 6) is 1.01. The monoisotopic (exact) mass is 354 g/mol. The van der Waals surface area contributed by atoms with E-state index < -0.39 is 0 Å². The smallest absolute Gasteiger partial charge is 0.255 e. The number of fused-ring (bicyclic) bond motifs is 1. The lowest BCUT2D eigenvalue weighted by molar-refractivity contribution is 0.0934. The molecule has 1 aliphatic rings. The van der Waals surface area contributed by atoms with Crippen LogP contribution in [-0.2, 0) is 11.3 Å². The van der Waals surface area contributed by atoms with Gasteiger partial charge in [0, 0.05) is 45.4 Å². The molecule has 1 fully saturated rings. The molecule has 2 aromatic rings. The molecule has 24 heavy (non-hydrogen) atoms. The van der Waals surface area contributed by atoms with Crippen LogP contribution in [0, 0.1) is 5.92 Å². The van der Waals surface area contributed by atoms with Crippen molar-refractivity contribution in [2.45, 2.75) is 6.54 Å². The number of carbonyl (C=O) groups excluding carboxylic acids is 1. The maximum atomic E-state index is 12.3. The Morgan fingerprint density at radius 1 is 1.42 bits per heavy atom. The maximum absolute atomic E-state index is 12.3. The van der Waals surface area contributed by atoms with Crippen molar-refractivity contribution in [3.05, 3.63) is 23.9 Å². The normalized spacial score (nSPS) is 14.1. The molecule has 1 aromatic carbocycles. The van der Waals surface area contributed by atoms with E-state index in [0.29, 0.717) is 30.4 Å². The molecule has 0 saturated carbocycles. The number of methoxy groups -OCH3 is 2. The zero-order chi connectivity index (χ0) is 16.2. The minimum atomic E-state index is -0.170. The molecule has 2 heterocycles. The van der Waals surface area contributed by atoms with Gasteiger partial charge in [-0.05, 0) is 12.1 Å². The van der Waals surface area contributed by atoms with Gasteiger partial charge >= 0.3 is 0 Å². The van der Waals surface area contributed by atoms with Crippen LogP contribution in [0.1, 0.15) is 10.4 Å². The average molecular weight is 355 g/mol. The Kier molecular flexibility index (Phi) is 6.42. The molecule has 0 spiro atoms. The van der Waals surface area contributed by atoms with Crippen LogP contribution in [0.15, 0.2) is 18.3 Å². The average Bonchev–Trinajstić information content (AvgIpc) is 2.92. The van der Waals surface area contributed by atoms with Crippen LogP contribution in [-0.4, -0.2) is 56.1 Å². The third kappa shape index (κ3) is 3.80. The number of aromatic nitrogens is 2. The highest BCUT2D eigenvalue weighted by Gasteiger charge is 2.20. The molecule has 3 rings (SSSR count). The summed E-state index contributed by atoms with van der Waals surface area (Å²) in [6.45, 7) is 3.87. The van der Waals surface area contributed by atoms with Crippen molar-refractivity contribution in [2.24, 2.45) is 5.92 Å². The molecule has 1 aliphatic heterocycles. The van der Waals surface area contributed by atoms with Crippen molar-refractivity contribution in [3.63, 3.8) is 0 Å². The number of nitrogens with zero attached hydrogens (tertiary/aromatic N) is 2. The summed E-state index contributed by atoms with van der Waals surface area (Å²) >= 11 is 0. The van der Waals surface area contributed by atoms with E-state index in [1.807, 2.05) is 16.9 Å². The van der Waals surface area contributed by atoms with Gasteiger partial charge in [-0.1, -0.05) is 0 Å². The molecule has 0 aliphatic carbocycles. The summed E-state index contributed by atoms with van der Waals surface area (Å²) in [7, 11) is 3.18. The molecule has 2 N–H and O–H groups in total. The van der Waals surface area contributed by atoms with Gasteiger partial charge in [0.1, 0.15) is 5.75 Å². The standard InChI is InChI=1S/C16H22N4O3.ClH/c1-22-6-5-18-16(21)12-3-4-14-13(15(12)23-2)10-20(19-14)9-11-7-17-8-11;/h3-4,10-11,17H,5-9H2,1-2H3,(H,18,21);1H. The fourth-order valence-corrected chi connectivity index (χ4v) is 2.71. The predicted octanol–water partition coefficient (Wildman–Crippen LogP) is 1.06. The number of nitrogens with one attached hydrogen (secondary N) is 2. The summed E-state index contributed by atoms with van der Waals surface area (Å²) in [5, 5.41) is 11.5. The SMILES string of the molecule is COCCNC(=O)c1ccc2nn(CC3CNC3)cc2c1OC.Cl. The first-order valence-electron chi connectivity index (χ1n) is 7.75. The van der Waals surface area contributed by atoms with Crippen LogP contribution >= 0.6 is 12.4 Å². The minimum Gasteiger partial charge on any atom is -0.495 e.